The fourth-order valence-corrected chi connectivity index (χ4v) is 3.14. The summed E-state index contributed by atoms with van der Waals surface area (Å²) < 4.78 is 6.52. The summed E-state index contributed by atoms with van der Waals surface area (Å²) in [6.07, 6.45) is 3.79. The van der Waals surface area contributed by atoms with Crippen LogP contribution >= 0.6 is 27.5 Å². The fraction of sp³-hybridized carbons (Fsp3) is 0.350. The Morgan fingerprint density at radius 1 is 1.00 bits per heavy atom. The first-order valence-electron chi connectivity index (χ1n) is 8.78. The highest BCUT2D eigenvalue weighted by molar-refractivity contribution is 9.10. The Morgan fingerprint density at radius 2 is 1.73 bits per heavy atom. The Morgan fingerprint density at radius 3 is 2.46 bits per heavy atom. The molecular formula is C20H24BrClN2O2. The molecule has 0 unspecified atom stereocenters. The van der Waals surface area contributed by atoms with Gasteiger partial charge in [-0.05, 0) is 49.4 Å². The van der Waals surface area contributed by atoms with E-state index < -0.39 is 0 Å². The van der Waals surface area contributed by atoms with Gasteiger partial charge >= 0.3 is 6.03 Å². The van der Waals surface area contributed by atoms with Crippen molar-refractivity contribution >= 4 is 33.6 Å². The van der Waals surface area contributed by atoms with E-state index in [2.05, 4.69) is 50.8 Å². The normalized spacial score (nSPS) is 10.4. The van der Waals surface area contributed by atoms with E-state index in [9.17, 15) is 4.79 Å². The van der Waals surface area contributed by atoms with Crippen LogP contribution in [0.15, 0.2) is 53.0 Å². The highest BCUT2D eigenvalue weighted by atomic mass is 79.9. The van der Waals surface area contributed by atoms with Gasteiger partial charge in [0.2, 0.25) is 0 Å². The Hall–Kier alpha value is -1.72. The van der Waals surface area contributed by atoms with Crippen molar-refractivity contribution in [3.8, 4) is 5.75 Å². The van der Waals surface area contributed by atoms with Crippen LogP contribution in [0.3, 0.4) is 0 Å². The minimum atomic E-state index is -0.133. The van der Waals surface area contributed by atoms with Gasteiger partial charge in [-0.2, -0.15) is 0 Å². The van der Waals surface area contributed by atoms with Crippen molar-refractivity contribution in [2.75, 3.05) is 19.7 Å². The number of carbonyl (C=O) groups excluding carboxylic acids is 1. The van der Waals surface area contributed by atoms with Crippen LogP contribution in [0.5, 0.6) is 5.75 Å². The second-order valence-corrected chi connectivity index (χ2v) is 7.23. The number of unbranched alkanes of at least 4 members (excludes halogenated alkanes) is 1. The zero-order valence-corrected chi connectivity index (χ0v) is 17.0. The van der Waals surface area contributed by atoms with Gasteiger partial charge in [-0.15, -0.1) is 0 Å². The smallest absolute Gasteiger partial charge is 0.314 e. The average molecular weight is 440 g/mol. The monoisotopic (exact) mass is 438 g/mol. The van der Waals surface area contributed by atoms with Crippen LogP contribution in [0.2, 0.25) is 5.02 Å². The fourth-order valence-electron chi connectivity index (χ4n) is 2.41. The molecule has 0 aliphatic heterocycles. The molecule has 0 heterocycles. The average Bonchev–Trinajstić information content (AvgIpc) is 2.63. The van der Waals surface area contributed by atoms with Crippen molar-refractivity contribution in [3.05, 3.63) is 63.6 Å². The van der Waals surface area contributed by atoms with Crippen molar-refractivity contribution in [3.63, 3.8) is 0 Å². The zero-order valence-electron chi connectivity index (χ0n) is 14.6. The molecule has 2 rings (SSSR count). The van der Waals surface area contributed by atoms with Gasteiger partial charge in [0.15, 0.2) is 0 Å². The lowest BCUT2D eigenvalue weighted by atomic mass is 10.1. The maximum atomic E-state index is 11.7. The number of aryl methyl sites for hydroxylation is 1. The summed E-state index contributed by atoms with van der Waals surface area (Å²) in [7, 11) is 0. The largest absolute Gasteiger partial charge is 0.492 e. The molecule has 0 aliphatic rings. The quantitative estimate of drug-likeness (QED) is 0.500. The second kappa shape index (κ2) is 11.8. The number of amides is 2. The van der Waals surface area contributed by atoms with Crippen molar-refractivity contribution in [2.24, 2.45) is 0 Å². The van der Waals surface area contributed by atoms with Crippen molar-refractivity contribution < 1.29 is 9.53 Å². The third kappa shape index (κ3) is 8.11. The molecule has 0 radical (unpaired) electrons. The van der Waals surface area contributed by atoms with Gasteiger partial charge in [0.05, 0.1) is 11.6 Å². The number of hydrogen-bond acceptors (Lipinski definition) is 2. The molecule has 0 fully saturated rings. The van der Waals surface area contributed by atoms with E-state index in [0.717, 1.165) is 23.7 Å². The lowest BCUT2D eigenvalue weighted by Gasteiger charge is -2.10. The first kappa shape index (κ1) is 20.6. The van der Waals surface area contributed by atoms with Gasteiger partial charge < -0.3 is 15.4 Å². The molecule has 2 amide bonds. The van der Waals surface area contributed by atoms with E-state index in [-0.39, 0.29) is 6.03 Å². The first-order valence-corrected chi connectivity index (χ1v) is 9.96. The Kier molecular flexibility index (Phi) is 9.35. The number of benzene rings is 2. The summed E-state index contributed by atoms with van der Waals surface area (Å²) in [6, 6.07) is 15.7. The maximum absolute atomic E-state index is 11.7. The van der Waals surface area contributed by atoms with Gasteiger partial charge in [0.25, 0.3) is 0 Å². The summed E-state index contributed by atoms with van der Waals surface area (Å²) in [5, 5.41) is 6.28. The molecule has 2 N–H and O–H groups in total. The van der Waals surface area contributed by atoms with Crippen molar-refractivity contribution in [1.29, 1.82) is 0 Å². The molecule has 4 nitrogen and oxygen atoms in total. The Labute approximate surface area is 168 Å². The topological polar surface area (TPSA) is 50.4 Å². The van der Waals surface area contributed by atoms with Crippen LogP contribution in [0.4, 0.5) is 4.79 Å². The van der Waals surface area contributed by atoms with E-state index in [1.165, 1.54) is 5.56 Å². The van der Waals surface area contributed by atoms with Crippen LogP contribution in [-0.4, -0.2) is 25.7 Å². The van der Waals surface area contributed by atoms with Crippen LogP contribution < -0.4 is 15.4 Å². The van der Waals surface area contributed by atoms with E-state index >= 15 is 0 Å². The van der Waals surface area contributed by atoms with Crippen LogP contribution in [0.25, 0.3) is 0 Å². The number of nitrogens with one attached hydrogen (secondary N) is 2. The van der Waals surface area contributed by atoms with E-state index in [4.69, 9.17) is 16.3 Å². The van der Waals surface area contributed by atoms with E-state index in [1.807, 2.05) is 18.2 Å². The molecule has 0 bridgehead atoms. The summed E-state index contributed by atoms with van der Waals surface area (Å²) in [5.74, 6) is 0.651. The number of halogens is 2. The third-order valence-electron chi connectivity index (χ3n) is 3.78. The highest BCUT2D eigenvalue weighted by Gasteiger charge is 2.03. The third-order valence-corrected chi connectivity index (χ3v) is 4.57. The number of urea groups is 1. The minimum Gasteiger partial charge on any atom is -0.492 e. The SMILES string of the molecule is O=C(NCCCCc1ccccc1)NCCCOc1ccc(Br)cc1Cl. The Balaban J connectivity index is 1.47. The first-order chi connectivity index (χ1) is 12.6. The molecule has 26 heavy (non-hydrogen) atoms. The molecule has 0 aliphatic carbocycles. The molecule has 2 aromatic carbocycles. The number of rotatable bonds is 10. The number of carbonyl (C=O) groups is 1. The maximum Gasteiger partial charge on any atom is 0.314 e. The molecule has 140 valence electrons. The number of ether oxygens (including phenoxy) is 1. The van der Waals surface area contributed by atoms with Crippen LogP contribution in [-0.2, 0) is 6.42 Å². The van der Waals surface area contributed by atoms with Crippen molar-refractivity contribution in [1.82, 2.24) is 10.6 Å². The van der Waals surface area contributed by atoms with Gasteiger partial charge in [-0.3, -0.25) is 0 Å². The lowest BCUT2D eigenvalue weighted by molar-refractivity contribution is 0.239. The molecule has 6 heteroatoms. The minimum absolute atomic E-state index is 0.133. The predicted octanol–water partition coefficient (Wildman–Crippen LogP) is 5.19. The van der Waals surface area contributed by atoms with Crippen LogP contribution in [0, 0.1) is 0 Å². The predicted molar refractivity (Wildman–Crippen MR) is 110 cm³/mol. The number of hydrogen-bond donors (Lipinski definition) is 2. The van der Waals surface area contributed by atoms with Gasteiger partial charge in [-0.1, -0.05) is 57.9 Å². The van der Waals surface area contributed by atoms with E-state index in [1.54, 1.807) is 6.07 Å². The molecular weight excluding hydrogens is 416 g/mol. The highest BCUT2D eigenvalue weighted by Crippen LogP contribution is 2.27. The van der Waals surface area contributed by atoms with Crippen LogP contribution in [0.1, 0.15) is 24.8 Å². The summed E-state index contributed by atoms with van der Waals surface area (Å²) in [4.78, 5) is 11.7. The summed E-state index contributed by atoms with van der Waals surface area (Å²) in [5.41, 5.74) is 1.34. The summed E-state index contributed by atoms with van der Waals surface area (Å²) >= 11 is 9.43. The molecule has 0 aromatic heterocycles. The Bertz CT molecular complexity index is 683. The molecule has 0 spiro atoms. The standard InChI is InChI=1S/C20H24BrClN2O2/c21-17-10-11-19(18(22)15-17)26-14-6-13-24-20(25)23-12-5-4-9-16-7-2-1-3-8-16/h1-3,7-8,10-11,15H,4-6,9,12-14H2,(H2,23,24,25). The van der Waals surface area contributed by atoms with E-state index in [0.29, 0.717) is 36.9 Å². The van der Waals surface area contributed by atoms with Crippen molar-refractivity contribution in [2.45, 2.75) is 25.7 Å². The second-order valence-electron chi connectivity index (χ2n) is 5.90. The summed E-state index contributed by atoms with van der Waals surface area (Å²) in [6.45, 7) is 1.74. The molecule has 0 atom stereocenters. The van der Waals surface area contributed by atoms with Gasteiger partial charge in [0.1, 0.15) is 5.75 Å². The molecule has 2 aromatic rings. The molecule has 0 saturated carbocycles. The van der Waals surface area contributed by atoms with Gasteiger partial charge in [-0.25, -0.2) is 4.79 Å². The zero-order chi connectivity index (χ0) is 18.6. The van der Waals surface area contributed by atoms with Gasteiger partial charge in [0, 0.05) is 17.6 Å². The molecule has 0 saturated heterocycles. The lowest BCUT2D eigenvalue weighted by Crippen LogP contribution is -2.36.